The maximum absolute atomic E-state index is 13.0. The van der Waals surface area contributed by atoms with E-state index in [0.29, 0.717) is 18.1 Å². The van der Waals surface area contributed by atoms with E-state index in [1.54, 1.807) is 29.2 Å². The third kappa shape index (κ3) is 4.17. The minimum absolute atomic E-state index is 0.0969. The number of amides is 1. The molecule has 26 heavy (non-hydrogen) atoms. The minimum atomic E-state index is -0.513. The van der Waals surface area contributed by atoms with E-state index in [9.17, 15) is 9.18 Å². The number of rotatable bonds is 6. The zero-order valence-electron chi connectivity index (χ0n) is 15.0. The number of hydrogen-bond acceptors (Lipinski definition) is 4. The Balaban J connectivity index is 1.57. The maximum Gasteiger partial charge on any atom is 0.221 e. The second-order valence-electron chi connectivity index (χ2n) is 6.70. The third-order valence-corrected chi connectivity index (χ3v) is 4.13. The van der Waals surface area contributed by atoms with Gasteiger partial charge in [0.1, 0.15) is 5.82 Å². The zero-order valence-corrected chi connectivity index (χ0v) is 15.0. The Kier molecular flexibility index (Phi) is 4.88. The Morgan fingerprint density at radius 1 is 1.27 bits per heavy atom. The number of aryl methyl sites for hydroxylation is 2. The Bertz CT molecular complexity index is 896. The molecule has 0 fully saturated rings. The molecule has 2 heterocycles. The lowest BCUT2D eigenvalue weighted by Crippen LogP contribution is -2.40. The second kappa shape index (κ2) is 7.11. The molecule has 0 aliphatic rings. The molecule has 3 aromatic rings. The topological polar surface area (TPSA) is 73.0 Å². The Morgan fingerprint density at radius 2 is 2.00 bits per heavy atom. The molecule has 6 nitrogen and oxygen atoms in total. The molecule has 0 saturated heterocycles. The van der Waals surface area contributed by atoms with Crippen molar-refractivity contribution in [1.82, 2.24) is 20.1 Å². The van der Waals surface area contributed by atoms with E-state index in [0.717, 1.165) is 11.1 Å². The van der Waals surface area contributed by atoms with Gasteiger partial charge in [0, 0.05) is 37.2 Å². The van der Waals surface area contributed by atoms with Crippen molar-refractivity contribution in [3.63, 3.8) is 0 Å². The molecule has 7 heteroatoms. The van der Waals surface area contributed by atoms with Gasteiger partial charge in [-0.1, -0.05) is 0 Å². The fraction of sp³-hybridized carbons (Fsp3) is 0.316. The summed E-state index contributed by atoms with van der Waals surface area (Å²) < 4.78 is 20.3. The summed E-state index contributed by atoms with van der Waals surface area (Å²) >= 11 is 0. The first-order valence-electron chi connectivity index (χ1n) is 8.34. The highest BCUT2D eigenvalue weighted by molar-refractivity contribution is 5.77. The summed E-state index contributed by atoms with van der Waals surface area (Å²) in [6.07, 6.45) is 5.84. The Hall–Kier alpha value is -2.96. The lowest BCUT2D eigenvalue weighted by atomic mass is 9.97. The molecule has 0 aliphatic heterocycles. The first kappa shape index (κ1) is 17.8. The van der Waals surface area contributed by atoms with E-state index in [1.807, 2.05) is 27.1 Å². The lowest BCUT2D eigenvalue weighted by molar-refractivity contribution is -0.122. The summed E-state index contributed by atoms with van der Waals surface area (Å²) in [5, 5.41) is 7.14. The molecule has 0 aliphatic carbocycles. The fourth-order valence-corrected chi connectivity index (χ4v) is 2.62. The quantitative estimate of drug-likeness (QED) is 0.736. The number of carbonyl (C=O) groups excluding carboxylic acids is 1. The van der Waals surface area contributed by atoms with Gasteiger partial charge in [-0.05, 0) is 38.1 Å². The smallest absolute Gasteiger partial charge is 0.221 e. The predicted molar refractivity (Wildman–Crippen MR) is 94.6 cm³/mol. The number of nitrogens with one attached hydrogen (secondary N) is 1. The van der Waals surface area contributed by atoms with Gasteiger partial charge in [-0.15, -0.1) is 0 Å². The van der Waals surface area contributed by atoms with Gasteiger partial charge >= 0.3 is 0 Å². The van der Waals surface area contributed by atoms with Gasteiger partial charge in [-0.2, -0.15) is 5.10 Å². The van der Waals surface area contributed by atoms with Crippen molar-refractivity contribution in [2.24, 2.45) is 7.05 Å². The van der Waals surface area contributed by atoms with Crippen molar-refractivity contribution in [2.45, 2.75) is 32.2 Å². The molecule has 0 saturated carbocycles. The standard InChI is InChI=1S/C19H21FN4O2/c1-19(2,14-10-22-24(3)12-14)23-17(25)8-9-18-21-11-16(26-18)13-4-6-15(20)7-5-13/h4-7,10-12H,8-9H2,1-3H3,(H,23,25). The Morgan fingerprint density at radius 3 is 2.65 bits per heavy atom. The number of aromatic nitrogens is 3. The van der Waals surface area contributed by atoms with Crippen LogP contribution in [0.1, 0.15) is 31.7 Å². The summed E-state index contributed by atoms with van der Waals surface area (Å²) in [6, 6.07) is 5.99. The van der Waals surface area contributed by atoms with Gasteiger partial charge < -0.3 is 9.73 Å². The van der Waals surface area contributed by atoms with Crippen molar-refractivity contribution in [2.75, 3.05) is 0 Å². The highest BCUT2D eigenvalue weighted by Crippen LogP contribution is 2.22. The number of carbonyl (C=O) groups is 1. The van der Waals surface area contributed by atoms with Crippen LogP contribution in [-0.4, -0.2) is 20.7 Å². The molecular formula is C19H21FN4O2. The Labute approximate surface area is 151 Å². The van der Waals surface area contributed by atoms with Crippen molar-refractivity contribution in [1.29, 1.82) is 0 Å². The van der Waals surface area contributed by atoms with Gasteiger partial charge in [-0.25, -0.2) is 9.37 Å². The maximum atomic E-state index is 13.0. The SMILES string of the molecule is Cn1cc(C(C)(C)NC(=O)CCc2ncc(-c3ccc(F)cc3)o2)cn1. The van der Waals surface area contributed by atoms with Gasteiger partial charge in [0.2, 0.25) is 5.91 Å². The van der Waals surface area contributed by atoms with Crippen LogP contribution in [0.25, 0.3) is 11.3 Å². The van der Waals surface area contributed by atoms with Crippen LogP contribution in [0.5, 0.6) is 0 Å². The molecule has 0 spiro atoms. The summed E-state index contributed by atoms with van der Waals surface area (Å²) in [4.78, 5) is 16.5. The van der Waals surface area contributed by atoms with E-state index in [-0.39, 0.29) is 18.1 Å². The molecule has 1 amide bonds. The lowest BCUT2D eigenvalue weighted by Gasteiger charge is -2.25. The van der Waals surface area contributed by atoms with Gasteiger partial charge in [0.25, 0.3) is 0 Å². The van der Waals surface area contributed by atoms with Gasteiger partial charge in [0.05, 0.1) is 17.9 Å². The number of hydrogen-bond donors (Lipinski definition) is 1. The third-order valence-electron chi connectivity index (χ3n) is 4.13. The van der Waals surface area contributed by atoms with E-state index in [1.165, 1.54) is 12.1 Å². The number of halogens is 1. The van der Waals surface area contributed by atoms with E-state index < -0.39 is 5.54 Å². The molecule has 1 aromatic carbocycles. The predicted octanol–water partition coefficient (Wildman–Crippen LogP) is 3.20. The minimum Gasteiger partial charge on any atom is -0.441 e. The summed E-state index contributed by atoms with van der Waals surface area (Å²) in [6.45, 7) is 3.86. The van der Waals surface area contributed by atoms with Crippen molar-refractivity contribution in [3.8, 4) is 11.3 Å². The van der Waals surface area contributed by atoms with Crippen LogP contribution in [-0.2, 0) is 23.8 Å². The van der Waals surface area contributed by atoms with Crippen LogP contribution in [0, 0.1) is 5.82 Å². The number of benzene rings is 1. The first-order valence-corrected chi connectivity index (χ1v) is 8.34. The average molecular weight is 356 g/mol. The van der Waals surface area contributed by atoms with Crippen LogP contribution < -0.4 is 5.32 Å². The average Bonchev–Trinajstić information content (AvgIpc) is 3.23. The van der Waals surface area contributed by atoms with Crippen LogP contribution in [0.3, 0.4) is 0 Å². The molecular weight excluding hydrogens is 335 g/mol. The normalized spacial score (nSPS) is 11.5. The van der Waals surface area contributed by atoms with E-state index >= 15 is 0 Å². The van der Waals surface area contributed by atoms with Crippen LogP contribution in [0.2, 0.25) is 0 Å². The first-order chi connectivity index (χ1) is 12.3. The zero-order chi connectivity index (χ0) is 18.7. The molecule has 0 unspecified atom stereocenters. The van der Waals surface area contributed by atoms with Crippen molar-refractivity contribution >= 4 is 5.91 Å². The van der Waals surface area contributed by atoms with Crippen molar-refractivity contribution in [3.05, 3.63) is 60.1 Å². The summed E-state index contributed by atoms with van der Waals surface area (Å²) in [7, 11) is 1.84. The van der Waals surface area contributed by atoms with Crippen LogP contribution in [0.15, 0.2) is 47.3 Å². The molecule has 0 radical (unpaired) electrons. The molecule has 3 rings (SSSR count). The highest BCUT2D eigenvalue weighted by Gasteiger charge is 2.24. The molecule has 1 N–H and O–H groups in total. The number of oxazole rings is 1. The fourth-order valence-electron chi connectivity index (χ4n) is 2.62. The summed E-state index contributed by atoms with van der Waals surface area (Å²) in [5.74, 6) is 0.622. The molecule has 2 aromatic heterocycles. The molecule has 0 bridgehead atoms. The molecule has 0 atom stereocenters. The van der Waals surface area contributed by atoms with Crippen molar-refractivity contribution < 1.29 is 13.6 Å². The highest BCUT2D eigenvalue weighted by atomic mass is 19.1. The second-order valence-corrected chi connectivity index (χ2v) is 6.70. The van der Waals surface area contributed by atoms with Crippen LogP contribution >= 0.6 is 0 Å². The van der Waals surface area contributed by atoms with E-state index in [4.69, 9.17) is 4.42 Å². The van der Waals surface area contributed by atoms with E-state index in [2.05, 4.69) is 15.4 Å². The number of nitrogens with zero attached hydrogens (tertiary/aromatic N) is 3. The van der Waals surface area contributed by atoms with Crippen LogP contribution in [0.4, 0.5) is 4.39 Å². The largest absolute Gasteiger partial charge is 0.441 e. The van der Waals surface area contributed by atoms with Gasteiger partial charge in [-0.3, -0.25) is 9.48 Å². The monoisotopic (exact) mass is 356 g/mol. The van der Waals surface area contributed by atoms with Gasteiger partial charge in [0.15, 0.2) is 11.7 Å². The molecule has 136 valence electrons. The summed E-state index contributed by atoms with van der Waals surface area (Å²) in [5.41, 5.74) is 1.16.